The third-order valence-electron chi connectivity index (χ3n) is 5.97. The fourth-order valence-electron chi connectivity index (χ4n) is 4.32. The maximum atomic E-state index is 11.6. The first-order valence-electron chi connectivity index (χ1n) is 11.2. The van der Waals surface area contributed by atoms with E-state index in [1.807, 2.05) is 6.07 Å². The summed E-state index contributed by atoms with van der Waals surface area (Å²) in [6, 6.07) is 11.5. The third kappa shape index (κ3) is 5.16. The molecule has 2 aliphatic heterocycles. The Balaban J connectivity index is 1.37. The van der Waals surface area contributed by atoms with Crippen LogP contribution in [0.15, 0.2) is 36.4 Å². The molecule has 1 fully saturated rings. The molecule has 7 heteroatoms. The molecule has 0 radical (unpaired) electrons. The number of β-amino-alcohol motifs (C(OH)–C–C–N with tert-alkyl or cyclic N) is 1. The van der Waals surface area contributed by atoms with Crippen molar-refractivity contribution < 1.29 is 28.8 Å². The summed E-state index contributed by atoms with van der Waals surface area (Å²) in [7, 11) is 1.53. The topological polar surface area (TPSA) is 77.5 Å². The van der Waals surface area contributed by atoms with Crippen LogP contribution in [0.4, 0.5) is 0 Å². The summed E-state index contributed by atoms with van der Waals surface area (Å²) < 4.78 is 22.8. The number of fused-ring (bicyclic) bond motifs is 1. The molecule has 0 bridgehead atoms. The lowest BCUT2D eigenvalue weighted by atomic mass is 10.0. The average molecular weight is 442 g/mol. The summed E-state index contributed by atoms with van der Waals surface area (Å²) in [5.74, 6) is 2.56. The van der Waals surface area contributed by atoms with Gasteiger partial charge in [-0.3, -0.25) is 9.69 Å². The van der Waals surface area contributed by atoms with Crippen LogP contribution in [-0.2, 0) is 0 Å². The molecular formula is C25H31NO6. The SMILES string of the molecule is COc1cc(C(C)=O)ccc1OC[C@H](O)CN1CCC[C@H]1c1ccc2c(c1)OCCCO2. The molecule has 4 rings (SSSR count). The van der Waals surface area contributed by atoms with Gasteiger partial charge in [-0.2, -0.15) is 0 Å². The van der Waals surface area contributed by atoms with Crippen LogP contribution in [0.5, 0.6) is 23.0 Å². The van der Waals surface area contributed by atoms with Crippen LogP contribution in [0.1, 0.15) is 48.1 Å². The van der Waals surface area contributed by atoms with Gasteiger partial charge >= 0.3 is 0 Å². The van der Waals surface area contributed by atoms with E-state index in [0.29, 0.717) is 36.8 Å². The number of aliphatic hydroxyl groups is 1. The lowest BCUT2D eigenvalue weighted by Gasteiger charge is -2.27. The summed E-state index contributed by atoms with van der Waals surface area (Å²) in [6.07, 6.45) is 2.34. The van der Waals surface area contributed by atoms with Crippen LogP contribution in [0.25, 0.3) is 0 Å². The molecule has 2 aromatic carbocycles. The molecule has 2 aliphatic rings. The van der Waals surface area contributed by atoms with Gasteiger partial charge in [-0.15, -0.1) is 0 Å². The van der Waals surface area contributed by atoms with Gasteiger partial charge < -0.3 is 24.1 Å². The highest BCUT2D eigenvalue weighted by molar-refractivity contribution is 5.94. The Morgan fingerprint density at radius 2 is 1.94 bits per heavy atom. The van der Waals surface area contributed by atoms with E-state index >= 15 is 0 Å². The first kappa shape index (κ1) is 22.4. The van der Waals surface area contributed by atoms with E-state index in [1.165, 1.54) is 19.6 Å². The Morgan fingerprint density at radius 1 is 1.12 bits per heavy atom. The van der Waals surface area contributed by atoms with Crippen molar-refractivity contribution in [3.8, 4) is 23.0 Å². The molecule has 2 heterocycles. The van der Waals surface area contributed by atoms with Gasteiger partial charge in [0, 0.05) is 24.6 Å². The monoisotopic (exact) mass is 441 g/mol. The van der Waals surface area contributed by atoms with Crippen molar-refractivity contribution >= 4 is 5.78 Å². The van der Waals surface area contributed by atoms with Crippen LogP contribution in [0.3, 0.4) is 0 Å². The van der Waals surface area contributed by atoms with Gasteiger partial charge in [0.05, 0.1) is 20.3 Å². The predicted octanol–water partition coefficient (Wildman–Crippen LogP) is 3.64. The Bertz CT molecular complexity index is 946. The molecule has 0 spiro atoms. The standard InChI is InChI=1S/C25H31NO6/c1-17(27)18-6-8-22(24(13-18)29-2)32-16-20(28)15-26-10-3-5-21(26)19-7-9-23-25(14-19)31-12-4-11-30-23/h6-9,13-14,20-21,28H,3-5,10-12,15-16H2,1-2H3/t20-,21+/m1/s1. The summed E-state index contributed by atoms with van der Waals surface area (Å²) in [5.41, 5.74) is 1.74. The van der Waals surface area contributed by atoms with Crippen LogP contribution < -0.4 is 18.9 Å². The molecule has 0 amide bonds. The fourth-order valence-corrected chi connectivity index (χ4v) is 4.32. The highest BCUT2D eigenvalue weighted by atomic mass is 16.5. The molecule has 0 aromatic heterocycles. The lowest BCUT2D eigenvalue weighted by Crippen LogP contribution is -2.35. The van der Waals surface area contributed by atoms with Crippen molar-refractivity contribution in [2.75, 3.05) is 40.0 Å². The highest BCUT2D eigenvalue weighted by Gasteiger charge is 2.29. The second kappa shape index (κ2) is 10.2. The number of ether oxygens (including phenoxy) is 4. The van der Waals surface area contributed by atoms with Crippen molar-refractivity contribution in [3.63, 3.8) is 0 Å². The molecule has 7 nitrogen and oxygen atoms in total. The van der Waals surface area contributed by atoms with Gasteiger partial charge in [0.1, 0.15) is 12.7 Å². The molecule has 1 N–H and O–H groups in total. The molecule has 0 saturated carbocycles. The third-order valence-corrected chi connectivity index (χ3v) is 5.97. The van der Waals surface area contributed by atoms with Gasteiger partial charge in [0.15, 0.2) is 28.8 Å². The molecule has 2 atom stereocenters. The van der Waals surface area contributed by atoms with E-state index in [9.17, 15) is 9.90 Å². The fraction of sp³-hybridized carbons (Fsp3) is 0.480. The number of ketones is 1. The minimum atomic E-state index is -0.659. The number of methoxy groups -OCH3 is 1. The number of benzene rings is 2. The highest BCUT2D eigenvalue weighted by Crippen LogP contribution is 2.38. The molecular weight excluding hydrogens is 410 g/mol. The largest absolute Gasteiger partial charge is 0.493 e. The second-order valence-electron chi connectivity index (χ2n) is 8.30. The Hall–Kier alpha value is -2.77. The van der Waals surface area contributed by atoms with E-state index in [0.717, 1.165) is 37.3 Å². The number of aliphatic hydroxyl groups excluding tert-OH is 1. The van der Waals surface area contributed by atoms with Crippen molar-refractivity contribution in [1.82, 2.24) is 4.90 Å². The number of rotatable bonds is 8. The minimum Gasteiger partial charge on any atom is -0.493 e. The number of Topliss-reactive ketones (excluding diaryl/α,β-unsaturated/α-hetero) is 1. The Kier molecular flexibility index (Phi) is 7.17. The van der Waals surface area contributed by atoms with E-state index in [1.54, 1.807) is 18.2 Å². The van der Waals surface area contributed by atoms with Crippen LogP contribution >= 0.6 is 0 Å². The quantitative estimate of drug-likeness (QED) is 0.627. The van der Waals surface area contributed by atoms with Gasteiger partial charge in [-0.1, -0.05) is 6.07 Å². The minimum absolute atomic E-state index is 0.0373. The molecule has 172 valence electrons. The Morgan fingerprint density at radius 3 is 2.72 bits per heavy atom. The number of hydrogen-bond acceptors (Lipinski definition) is 7. The zero-order chi connectivity index (χ0) is 22.5. The molecule has 32 heavy (non-hydrogen) atoms. The zero-order valence-corrected chi connectivity index (χ0v) is 18.7. The van der Waals surface area contributed by atoms with Gasteiger partial charge in [-0.05, 0) is 62.2 Å². The van der Waals surface area contributed by atoms with Crippen molar-refractivity contribution in [3.05, 3.63) is 47.5 Å². The number of hydrogen-bond donors (Lipinski definition) is 1. The lowest BCUT2D eigenvalue weighted by molar-refractivity contribution is 0.0628. The smallest absolute Gasteiger partial charge is 0.161 e. The molecule has 0 unspecified atom stereocenters. The summed E-state index contributed by atoms with van der Waals surface area (Å²) in [4.78, 5) is 13.9. The molecule has 1 saturated heterocycles. The second-order valence-corrected chi connectivity index (χ2v) is 8.30. The first-order valence-corrected chi connectivity index (χ1v) is 11.2. The van der Waals surface area contributed by atoms with E-state index in [2.05, 4.69) is 17.0 Å². The summed E-state index contributed by atoms with van der Waals surface area (Å²) in [5, 5.41) is 10.7. The van der Waals surface area contributed by atoms with Gasteiger partial charge in [-0.25, -0.2) is 0 Å². The average Bonchev–Trinajstić information content (AvgIpc) is 3.12. The number of carbonyl (C=O) groups excluding carboxylic acids is 1. The zero-order valence-electron chi connectivity index (χ0n) is 18.7. The number of likely N-dealkylation sites (tertiary alicyclic amines) is 1. The van der Waals surface area contributed by atoms with Gasteiger partial charge in [0.2, 0.25) is 0 Å². The van der Waals surface area contributed by atoms with Crippen molar-refractivity contribution in [2.45, 2.75) is 38.3 Å². The molecule has 2 aromatic rings. The summed E-state index contributed by atoms with van der Waals surface area (Å²) >= 11 is 0. The number of carbonyl (C=O) groups is 1. The van der Waals surface area contributed by atoms with E-state index < -0.39 is 6.10 Å². The summed E-state index contributed by atoms with van der Waals surface area (Å²) in [6.45, 7) is 4.42. The van der Waals surface area contributed by atoms with Crippen molar-refractivity contribution in [1.29, 1.82) is 0 Å². The van der Waals surface area contributed by atoms with Crippen LogP contribution in [-0.4, -0.2) is 61.9 Å². The number of nitrogens with zero attached hydrogens (tertiary/aromatic N) is 1. The Labute approximate surface area is 188 Å². The maximum absolute atomic E-state index is 11.6. The van der Waals surface area contributed by atoms with E-state index in [-0.39, 0.29) is 18.4 Å². The van der Waals surface area contributed by atoms with Crippen LogP contribution in [0.2, 0.25) is 0 Å². The molecule has 0 aliphatic carbocycles. The van der Waals surface area contributed by atoms with Gasteiger partial charge in [0.25, 0.3) is 0 Å². The van der Waals surface area contributed by atoms with E-state index in [4.69, 9.17) is 18.9 Å². The normalized spacial score (nSPS) is 19.3. The first-order chi connectivity index (χ1) is 15.5. The maximum Gasteiger partial charge on any atom is 0.161 e. The van der Waals surface area contributed by atoms with Crippen LogP contribution in [0, 0.1) is 0 Å². The van der Waals surface area contributed by atoms with Crippen molar-refractivity contribution in [2.24, 2.45) is 0 Å². The predicted molar refractivity (Wildman–Crippen MR) is 120 cm³/mol.